The van der Waals surface area contributed by atoms with E-state index in [1.165, 1.54) is 0 Å². The van der Waals surface area contributed by atoms with Crippen LogP contribution in [0.15, 0.2) is 75.6 Å². The Balaban J connectivity index is 1.25. The van der Waals surface area contributed by atoms with Crippen molar-refractivity contribution < 1.29 is 18.4 Å². The molecule has 2 aromatic carbocycles. The van der Waals surface area contributed by atoms with E-state index in [1.807, 2.05) is 71.3 Å². The second-order valence-corrected chi connectivity index (χ2v) is 8.25. The molecule has 35 heavy (non-hydrogen) atoms. The van der Waals surface area contributed by atoms with E-state index in [4.69, 9.17) is 13.6 Å². The van der Waals surface area contributed by atoms with Gasteiger partial charge < -0.3 is 23.4 Å². The number of nitriles is 1. The van der Waals surface area contributed by atoms with E-state index in [-0.39, 0.29) is 24.1 Å². The number of benzene rings is 2. The van der Waals surface area contributed by atoms with Crippen LogP contribution in [0.4, 0.5) is 5.88 Å². The zero-order chi connectivity index (χ0) is 24.2. The zero-order valence-electron chi connectivity index (χ0n) is 19.3. The number of oxazole rings is 1. The number of hydrogen-bond donors (Lipinski definition) is 0. The second kappa shape index (κ2) is 9.77. The molecule has 8 nitrogen and oxygen atoms in total. The average molecular weight is 469 g/mol. The van der Waals surface area contributed by atoms with E-state index in [2.05, 4.69) is 11.1 Å². The summed E-state index contributed by atoms with van der Waals surface area (Å²) in [6.45, 7) is 4.32. The standard InChI is InChI=1S/C27H24N4O4/c1-19-7-5-6-10-22(19)26(32)30-13-15-31(16-14-30)27-23(17-28)29-25(35-27)24-12-11-21(34-24)18-33-20-8-3-2-4-9-20/h2-12H,13-16,18H2,1H3. The lowest BCUT2D eigenvalue weighted by Gasteiger charge is -2.34. The maximum atomic E-state index is 12.9. The van der Waals surface area contributed by atoms with Gasteiger partial charge in [-0.2, -0.15) is 10.2 Å². The minimum atomic E-state index is 0.0161. The summed E-state index contributed by atoms with van der Waals surface area (Å²) >= 11 is 0. The second-order valence-electron chi connectivity index (χ2n) is 8.25. The van der Waals surface area contributed by atoms with E-state index in [0.717, 1.165) is 11.3 Å². The van der Waals surface area contributed by atoms with Crippen LogP contribution in [0.2, 0.25) is 0 Å². The Kier molecular flexibility index (Phi) is 6.22. The van der Waals surface area contributed by atoms with Crippen LogP contribution in [-0.4, -0.2) is 42.0 Å². The molecule has 0 radical (unpaired) electrons. The zero-order valence-corrected chi connectivity index (χ0v) is 19.3. The molecule has 1 saturated heterocycles. The molecule has 3 heterocycles. The van der Waals surface area contributed by atoms with Crippen LogP contribution in [0.25, 0.3) is 11.7 Å². The number of furan rings is 1. The Morgan fingerprint density at radius 2 is 1.74 bits per heavy atom. The van der Waals surface area contributed by atoms with Gasteiger partial charge in [0.25, 0.3) is 11.8 Å². The van der Waals surface area contributed by atoms with Crippen LogP contribution >= 0.6 is 0 Å². The number of hydrogen-bond acceptors (Lipinski definition) is 7. The summed E-state index contributed by atoms with van der Waals surface area (Å²) in [5.41, 5.74) is 1.86. The van der Waals surface area contributed by atoms with Crippen LogP contribution in [0.1, 0.15) is 27.4 Å². The van der Waals surface area contributed by atoms with Crippen molar-refractivity contribution in [2.45, 2.75) is 13.5 Å². The van der Waals surface area contributed by atoms with Crippen LogP contribution in [0.5, 0.6) is 5.75 Å². The third kappa shape index (κ3) is 4.75. The number of anilines is 1. The molecule has 1 aliphatic heterocycles. The topological polar surface area (TPSA) is 95.7 Å². The number of rotatable bonds is 6. The number of nitrogens with zero attached hydrogens (tertiary/aromatic N) is 4. The highest BCUT2D eigenvalue weighted by Crippen LogP contribution is 2.30. The van der Waals surface area contributed by atoms with Gasteiger partial charge >= 0.3 is 0 Å². The normalized spacial score (nSPS) is 13.5. The lowest BCUT2D eigenvalue weighted by molar-refractivity contribution is 0.0744. The molecule has 5 rings (SSSR count). The first-order valence-electron chi connectivity index (χ1n) is 11.4. The number of aromatic nitrogens is 1. The van der Waals surface area contributed by atoms with Gasteiger partial charge in [0.15, 0.2) is 5.76 Å². The van der Waals surface area contributed by atoms with Crippen molar-refractivity contribution in [3.05, 3.63) is 89.3 Å². The first kappa shape index (κ1) is 22.3. The number of para-hydroxylation sites is 1. The van der Waals surface area contributed by atoms with Crippen LogP contribution in [-0.2, 0) is 6.61 Å². The van der Waals surface area contributed by atoms with Crippen molar-refractivity contribution in [3.8, 4) is 23.5 Å². The Labute approximate surface area is 203 Å². The molecule has 0 saturated carbocycles. The minimum absolute atomic E-state index is 0.0161. The summed E-state index contributed by atoms with van der Waals surface area (Å²) < 4.78 is 17.5. The molecule has 1 amide bonds. The van der Waals surface area contributed by atoms with Crippen molar-refractivity contribution in [1.29, 1.82) is 5.26 Å². The fraction of sp³-hybridized carbons (Fsp3) is 0.222. The molecular weight excluding hydrogens is 444 g/mol. The van der Waals surface area contributed by atoms with Crippen LogP contribution in [0, 0.1) is 18.3 Å². The van der Waals surface area contributed by atoms with E-state index >= 15 is 0 Å². The van der Waals surface area contributed by atoms with Gasteiger partial charge in [0.2, 0.25) is 11.6 Å². The average Bonchev–Trinajstić information content (AvgIpc) is 3.55. The summed E-state index contributed by atoms with van der Waals surface area (Å²) in [5.74, 6) is 2.43. The van der Waals surface area contributed by atoms with Crippen molar-refractivity contribution in [3.63, 3.8) is 0 Å². The van der Waals surface area contributed by atoms with Crippen molar-refractivity contribution in [2.75, 3.05) is 31.1 Å². The monoisotopic (exact) mass is 468 g/mol. The number of carbonyl (C=O) groups excluding carboxylic acids is 1. The first-order chi connectivity index (χ1) is 17.1. The quantitative estimate of drug-likeness (QED) is 0.406. The Morgan fingerprint density at radius 3 is 2.49 bits per heavy atom. The van der Waals surface area contributed by atoms with Gasteiger partial charge in [-0.3, -0.25) is 4.79 Å². The van der Waals surface area contributed by atoms with Gasteiger partial charge in [-0.1, -0.05) is 36.4 Å². The predicted molar refractivity (Wildman–Crippen MR) is 129 cm³/mol. The summed E-state index contributed by atoms with van der Waals surface area (Å²) in [6.07, 6.45) is 0. The maximum Gasteiger partial charge on any atom is 0.266 e. The number of piperazine rings is 1. The molecule has 0 unspecified atom stereocenters. The van der Waals surface area contributed by atoms with Gasteiger partial charge in [-0.15, -0.1) is 0 Å². The fourth-order valence-electron chi connectivity index (χ4n) is 4.04. The van der Waals surface area contributed by atoms with Gasteiger partial charge in [0.05, 0.1) is 0 Å². The molecule has 0 aliphatic carbocycles. The lowest BCUT2D eigenvalue weighted by Crippen LogP contribution is -2.49. The fourth-order valence-corrected chi connectivity index (χ4v) is 4.04. The highest BCUT2D eigenvalue weighted by molar-refractivity contribution is 5.95. The molecule has 0 atom stereocenters. The number of carbonyl (C=O) groups is 1. The van der Waals surface area contributed by atoms with Gasteiger partial charge in [0.1, 0.15) is 24.2 Å². The molecule has 1 aliphatic rings. The largest absolute Gasteiger partial charge is 0.486 e. The third-order valence-electron chi connectivity index (χ3n) is 5.94. The Bertz CT molecular complexity index is 1360. The Hall–Kier alpha value is -4.51. The van der Waals surface area contributed by atoms with Gasteiger partial charge in [-0.05, 0) is 42.8 Å². The first-order valence-corrected chi connectivity index (χ1v) is 11.4. The van der Waals surface area contributed by atoms with E-state index < -0.39 is 0 Å². The van der Waals surface area contributed by atoms with Crippen molar-refractivity contribution >= 4 is 11.8 Å². The number of amides is 1. The lowest BCUT2D eigenvalue weighted by atomic mass is 10.1. The molecule has 0 spiro atoms. The van der Waals surface area contributed by atoms with Gasteiger partial charge in [-0.25, -0.2) is 0 Å². The van der Waals surface area contributed by atoms with Crippen LogP contribution in [0.3, 0.4) is 0 Å². The molecule has 0 N–H and O–H groups in total. The summed E-state index contributed by atoms with van der Waals surface area (Å²) in [7, 11) is 0. The third-order valence-corrected chi connectivity index (χ3v) is 5.94. The molecule has 1 fully saturated rings. The molecular formula is C27H24N4O4. The molecule has 0 bridgehead atoms. The molecule has 8 heteroatoms. The molecule has 176 valence electrons. The van der Waals surface area contributed by atoms with E-state index in [1.54, 1.807) is 12.1 Å². The maximum absolute atomic E-state index is 12.9. The highest BCUT2D eigenvalue weighted by Gasteiger charge is 2.28. The highest BCUT2D eigenvalue weighted by atomic mass is 16.5. The van der Waals surface area contributed by atoms with Crippen LogP contribution < -0.4 is 9.64 Å². The van der Waals surface area contributed by atoms with E-state index in [9.17, 15) is 10.1 Å². The summed E-state index contributed by atoms with van der Waals surface area (Å²) in [6, 6.07) is 22.7. The smallest absolute Gasteiger partial charge is 0.266 e. The Morgan fingerprint density at radius 1 is 1.00 bits per heavy atom. The summed E-state index contributed by atoms with van der Waals surface area (Å²) in [4.78, 5) is 21.0. The SMILES string of the molecule is Cc1ccccc1C(=O)N1CCN(c2oc(-c3ccc(COc4ccccc4)o3)nc2C#N)CC1. The van der Waals surface area contributed by atoms with Gasteiger partial charge in [0, 0.05) is 31.7 Å². The number of ether oxygens (including phenoxy) is 1. The molecule has 4 aromatic rings. The number of aryl methyl sites for hydroxylation is 1. The van der Waals surface area contributed by atoms with Crippen molar-refractivity contribution in [1.82, 2.24) is 9.88 Å². The van der Waals surface area contributed by atoms with Crippen molar-refractivity contribution in [2.24, 2.45) is 0 Å². The minimum Gasteiger partial charge on any atom is -0.486 e. The molecule has 2 aromatic heterocycles. The predicted octanol–water partition coefficient (Wildman–Crippen LogP) is 4.66. The van der Waals surface area contributed by atoms with E-state index in [0.29, 0.717) is 49.1 Å². The summed E-state index contributed by atoms with van der Waals surface area (Å²) in [5, 5.41) is 9.63.